The molecule has 1 atom stereocenters. The van der Waals surface area contributed by atoms with Crippen LogP contribution in [0.3, 0.4) is 0 Å². The molecule has 0 aliphatic carbocycles. The first kappa shape index (κ1) is 22.1. The van der Waals surface area contributed by atoms with E-state index in [0.29, 0.717) is 5.56 Å². The van der Waals surface area contributed by atoms with Crippen LogP contribution < -0.4 is 5.32 Å². The molecule has 0 radical (unpaired) electrons. The minimum Gasteiger partial charge on any atom is -0.329 e. The molecule has 3 aromatic carbocycles. The SMILES string of the molecule is N#Cc1ccc(Cn2cncc2CNC2CN(Cc3ccccc3)CCc3ccccc32)cc1. The van der Waals surface area contributed by atoms with Crippen LogP contribution in [0.2, 0.25) is 0 Å². The van der Waals surface area contributed by atoms with Gasteiger partial charge in [-0.25, -0.2) is 4.98 Å². The van der Waals surface area contributed by atoms with Gasteiger partial charge in [0.05, 0.1) is 23.7 Å². The lowest BCUT2D eigenvalue weighted by molar-refractivity contribution is 0.245. The monoisotopic (exact) mass is 447 g/mol. The van der Waals surface area contributed by atoms with Gasteiger partial charge in [-0.1, -0.05) is 66.7 Å². The maximum atomic E-state index is 9.04. The first-order valence-electron chi connectivity index (χ1n) is 11.8. The second-order valence-corrected chi connectivity index (χ2v) is 8.92. The summed E-state index contributed by atoms with van der Waals surface area (Å²) in [5.41, 5.74) is 7.18. The third kappa shape index (κ3) is 5.26. The summed E-state index contributed by atoms with van der Waals surface area (Å²) in [6, 6.07) is 29.8. The molecule has 1 aliphatic heterocycles. The van der Waals surface area contributed by atoms with Gasteiger partial charge in [-0.3, -0.25) is 4.90 Å². The molecular formula is C29H29N5. The van der Waals surface area contributed by atoms with Crippen molar-refractivity contribution in [3.63, 3.8) is 0 Å². The van der Waals surface area contributed by atoms with Crippen LogP contribution in [-0.2, 0) is 26.1 Å². The first-order valence-corrected chi connectivity index (χ1v) is 11.8. The number of rotatable bonds is 7. The van der Waals surface area contributed by atoms with Gasteiger partial charge >= 0.3 is 0 Å². The van der Waals surface area contributed by atoms with Crippen LogP contribution in [0.4, 0.5) is 0 Å². The minimum atomic E-state index is 0.251. The summed E-state index contributed by atoms with van der Waals surface area (Å²) < 4.78 is 2.18. The second kappa shape index (κ2) is 10.5. The number of fused-ring (bicyclic) bond motifs is 1. The molecule has 0 fully saturated rings. The summed E-state index contributed by atoms with van der Waals surface area (Å²) in [5.74, 6) is 0. The fourth-order valence-corrected chi connectivity index (χ4v) is 4.73. The molecule has 1 aliphatic rings. The Morgan fingerprint density at radius 1 is 0.912 bits per heavy atom. The van der Waals surface area contributed by atoms with Gasteiger partial charge in [-0.2, -0.15) is 5.26 Å². The van der Waals surface area contributed by atoms with Crippen LogP contribution in [0.5, 0.6) is 0 Å². The number of aromatic nitrogens is 2. The lowest BCUT2D eigenvalue weighted by atomic mass is 9.99. The molecule has 5 rings (SSSR count). The van der Waals surface area contributed by atoms with E-state index in [1.807, 2.05) is 36.8 Å². The highest BCUT2D eigenvalue weighted by Gasteiger charge is 2.23. The zero-order valence-electron chi connectivity index (χ0n) is 19.3. The quantitative estimate of drug-likeness (QED) is 0.446. The highest BCUT2D eigenvalue weighted by molar-refractivity contribution is 5.33. The molecule has 5 heteroatoms. The van der Waals surface area contributed by atoms with Crippen molar-refractivity contribution in [2.75, 3.05) is 13.1 Å². The van der Waals surface area contributed by atoms with Crippen LogP contribution in [0.25, 0.3) is 0 Å². The van der Waals surface area contributed by atoms with E-state index >= 15 is 0 Å². The second-order valence-electron chi connectivity index (χ2n) is 8.92. The van der Waals surface area contributed by atoms with Crippen molar-refractivity contribution < 1.29 is 0 Å². The summed E-state index contributed by atoms with van der Waals surface area (Å²) in [7, 11) is 0. The molecule has 0 saturated carbocycles. The van der Waals surface area contributed by atoms with Gasteiger partial charge < -0.3 is 9.88 Å². The average molecular weight is 448 g/mol. The van der Waals surface area contributed by atoms with Gasteiger partial charge in [-0.15, -0.1) is 0 Å². The largest absolute Gasteiger partial charge is 0.329 e. The van der Waals surface area contributed by atoms with Gasteiger partial charge in [0.2, 0.25) is 0 Å². The number of nitrogens with one attached hydrogen (secondary N) is 1. The summed E-state index contributed by atoms with van der Waals surface area (Å²) in [5, 5.41) is 12.9. The lowest BCUT2D eigenvalue weighted by Crippen LogP contribution is -2.34. The van der Waals surface area contributed by atoms with Gasteiger partial charge in [0.1, 0.15) is 0 Å². The molecule has 1 N–H and O–H groups in total. The molecule has 0 bridgehead atoms. The molecule has 0 amide bonds. The van der Waals surface area contributed by atoms with E-state index in [0.717, 1.165) is 50.4 Å². The summed E-state index contributed by atoms with van der Waals surface area (Å²) >= 11 is 0. The minimum absolute atomic E-state index is 0.251. The highest BCUT2D eigenvalue weighted by Crippen LogP contribution is 2.25. The molecule has 2 heterocycles. The highest BCUT2D eigenvalue weighted by atomic mass is 15.2. The van der Waals surface area contributed by atoms with Crippen molar-refractivity contribution in [2.24, 2.45) is 0 Å². The van der Waals surface area contributed by atoms with E-state index < -0.39 is 0 Å². The van der Waals surface area contributed by atoms with Crippen molar-refractivity contribution in [2.45, 2.75) is 32.1 Å². The zero-order chi connectivity index (χ0) is 23.2. The van der Waals surface area contributed by atoms with Crippen LogP contribution >= 0.6 is 0 Å². The van der Waals surface area contributed by atoms with E-state index in [4.69, 9.17) is 5.26 Å². The maximum absolute atomic E-state index is 9.04. The summed E-state index contributed by atoms with van der Waals surface area (Å²) in [4.78, 5) is 6.97. The van der Waals surface area contributed by atoms with E-state index in [1.54, 1.807) is 0 Å². The van der Waals surface area contributed by atoms with Crippen molar-refractivity contribution >= 4 is 0 Å². The molecule has 34 heavy (non-hydrogen) atoms. The molecule has 1 aromatic heterocycles. The average Bonchev–Trinajstić information content (AvgIpc) is 3.25. The number of benzene rings is 3. The number of imidazole rings is 1. The predicted octanol–water partition coefficient (Wildman–Crippen LogP) is 4.69. The van der Waals surface area contributed by atoms with E-state index in [2.05, 4.69) is 80.4 Å². The number of hydrogen-bond acceptors (Lipinski definition) is 4. The summed E-state index contributed by atoms with van der Waals surface area (Å²) in [6.45, 7) is 4.47. The Hall–Kier alpha value is -3.72. The fourth-order valence-electron chi connectivity index (χ4n) is 4.73. The Morgan fingerprint density at radius 2 is 1.68 bits per heavy atom. The molecule has 4 aromatic rings. The third-order valence-electron chi connectivity index (χ3n) is 6.58. The van der Waals surface area contributed by atoms with E-state index in [-0.39, 0.29) is 6.04 Å². The number of hydrogen-bond donors (Lipinski definition) is 1. The topological polar surface area (TPSA) is 56.9 Å². The molecule has 5 nitrogen and oxygen atoms in total. The van der Waals surface area contributed by atoms with Gasteiger partial charge in [0.25, 0.3) is 0 Å². The van der Waals surface area contributed by atoms with E-state index in [1.165, 1.54) is 16.7 Å². The van der Waals surface area contributed by atoms with Crippen LogP contribution in [-0.4, -0.2) is 27.5 Å². The first-order chi connectivity index (χ1) is 16.8. The van der Waals surface area contributed by atoms with Gasteiger partial charge in [0, 0.05) is 45.0 Å². The van der Waals surface area contributed by atoms with E-state index in [9.17, 15) is 0 Å². The number of nitrogens with zero attached hydrogens (tertiary/aromatic N) is 4. The maximum Gasteiger partial charge on any atom is 0.0991 e. The normalized spacial score (nSPS) is 15.9. The summed E-state index contributed by atoms with van der Waals surface area (Å²) in [6.07, 6.45) is 4.90. The molecule has 0 spiro atoms. The Balaban J connectivity index is 1.30. The predicted molar refractivity (Wildman–Crippen MR) is 134 cm³/mol. The third-order valence-corrected chi connectivity index (χ3v) is 6.58. The van der Waals surface area contributed by atoms with Crippen molar-refractivity contribution in [3.05, 3.63) is 125 Å². The molecule has 0 saturated heterocycles. The molecular weight excluding hydrogens is 418 g/mol. The molecule has 170 valence electrons. The Bertz CT molecular complexity index is 1250. The van der Waals surface area contributed by atoms with Crippen molar-refractivity contribution in [3.8, 4) is 6.07 Å². The Labute approximate surface area is 201 Å². The van der Waals surface area contributed by atoms with Crippen LogP contribution in [0.15, 0.2) is 91.4 Å². The number of nitriles is 1. The van der Waals surface area contributed by atoms with Crippen LogP contribution in [0, 0.1) is 11.3 Å². The lowest BCUT2D eigenvalue weighted by Gasteiger charge is -2.26. The standard InChI is InChI=1S/C29H29N5/c30-16-23-10-12-25(13-11-23)20-34-22-31-17-27(34)18-32-29-21-33(19-24-6-2-1-3-7-24)15-14-26-8-4-5-9-28(26)29/h1-13,17,22,29,32H,14-15,18-21H2. The van der Waals surface area contributed by atoms with Gasteiger partial charge in [-0.05, 0) is 40.8 Å². The fraction of sp³-hybridized carbons (Fsp3) is 0.241. The Kier molecular flexibility index (Phi) is 6.81. The van der Waals surface area contributed by atoms with Crippen molar-refractivity contribution in [1.82, 2.24) is 19.8 Å². The smallest absolute Gasteiger partial charge is 0.0991 e. The van der Waals surface area contributed by atoms with Crippen LogP contribution in [0.1, 0.15) is 39.6 Å². The molecule has 1 unspecified atom stereocenters. The Morgan fingerprint density at radius 3 is 2.50 bits per heavy atom. The zero-order valence-corrected chi connectivity index (χ0v) is 19.3. The van der Waals surface area contributed by atoms with Gasteiger partial charge in [0.15, 0.2) is 0 Å². The van der Waals surface area contributed by atoms with Crippen molar-refractivity contribution in [1.29, 1.82) is 5.26 Å².